The van der Waals surface area contributed by atoms with E-state index >= 15 is 0 Å². The van der Waals surface area contributed by atoms with Crippen molar-refractivity contribution in [2.75, 3.05) is 41.7 Å². The number of rotatable bonds is 7. The lowest BCUT2D eigenvalue weighted by atomic mass is 9.95. The topological polar surface area (TPSA) is 76.7 Å². The van der Waals surface area contributed by atoms with Crippen LogP contribution < -0.4 is 20.9 Å². The molecule has 0 radical (unpaired) electrons. The highest BCUT2D eigenvalue weighted by atomic mass is 16.2. The lowest BCUT2D eigenvalue weighted by Gasteiger charge is -2.37. The first-order chi connectivity index (χ1) is 19.0. The Hall–Kier alpha value is -3.84. The molecule has 1 aliphatic carbocycles. The van der Waals surface area contributed by atoms with E-state index in [0.717, 1.165) is 75.3 Å². The molecule has 204 valence electrons. The quantitative estimate of drug-likeness (QED) is 0.352. The summed E-state index contributed by atoms with van der Waals surface area (Å²) in [6, 6.07) is 23.8. The van der Waals surface area contributed by atoms with Crippen molar-refractivity contribution in [3.8, 4) is 0 Å². The predicted molar refractivity (Wildman–Crippen MR) is 159 cm³/mol. The minimum Gasteiger partial charge on any atom is -0.368 e. The van der Waals surface area contributed by atoms with Gasteiger partial charge in [0.15, 0.2) is 0 Å². The minimum absolute atomic E-state index is 0.0634. The third-order valence-electron chi connectivity index (χ3n) is 7.79. The van der Waals surface area contributed by atoms with Crippen LogP contribution in [0.5, 0.6) is 0 Å². The molecule has 7 nitrogen and oxygen atoms in total. The summed E-state index contributed by atoms with van der Waals surface area (Å²) in [6.07, 6.45) is 5.59. The number of urea groups is 1. The van der Waals surface area contributed by atoms with Gasteiger partial charge in [-0.15, -0.1) is 0 Å². The number of aryl methyl sites for hydroxylation is 1. The summed E-state index contributed by atoms with van der Waals surface area (Å²) in [4.78, 5) is 31.1. The van der Waals surface area contributed by atoms with E-state index in [1.165, 1.54) is 12.0 Å². The standard InChI is InChI=1S/C32H39N5O2/c1-24-10-8-9-15-29(24)35-32(39)34-27-16-17-30(28(22-27)31(38)33-26-13-6-3-7-14-26)37-20-18-36(19-21-37)23-25-11-4-2-5-12-25/h2,4-5,8-12,15-17,22,26H,3,6-7,13-14,18-21,23H2,1H3,(H,33,38)(H2,34,35,39). The Balaban J connectivity index is 1.30. The first kappa shape index (κ1) is 26.8. The van der Waals surface area contributed by atoms with Crippen LogP contribution in [-0.2, 0) is 6.54 Å². The summed E-state index contributed by atoms with van der Waals surface area (Å²) in [5.74, 6) is -0.0634. The molecule has 3 aromatic rings. The summed E-state index contributed by atoms with van der Waals surface area (Å²) < 4.78 is 0. The summed E-state index contributed by atoms with van der Waals surface area (Å²) >= 11 is 0. The SMILES string of the molecule is Cc1ccccc1NC(=O)Nc1ccc(N2CCN(Cc3ccccc3)CC2)c(C(=O)NC2CCCCC2)c1. The number of nitrogens with one attached hydrogen (secondary N) is 3. The minimum atomic E-state index is -0.329. The van der Waals surface area contributed by atoms with Crippen molar-refractivity contribution in [3.63, 3.8) is 0 Å². The number of amides is 3. The number of carbonyl (C=O) groups is 2. The third kappa shape index (κ3) is 7.18. The number of hydrogen-bond acceptors (Lipinski definition) is 4. The lowest BCUT2D eigenvalue weighted by molar-refractivity contribution is 0.0928. The van der Waals surface area contributed by atoms with Crippen LogP contribution in [0.25, 0.3) is 0 Å². The van der Waals surface area contributed by atoms with Crippen LogP contribution in [0.4, 0.5) is 21.9 Å². The maximum absolute atomic E-state index is 13.6. The molecule has 0 unspecified atom stereocenters. The molecule has 2 fully saturated rings. The summed E-state index contributed by atoms with van der Waals surface area (Å²) in [5, 5.41) is 9.11. The van der Waals surface area contributed by atoms with E-state index in [4.69, 9.17) is 0 Å². The Bertz CT molecular complexity index is 1260. The highest BCUT2D eigenvalue weighted by Crippen LogP contribution is 2.27. The summed E-state index contributed by atoms with van der Waals surface area (Å²) in [6.45, 7) is 6.43. The van der Waals surface area contributed by atoms with Gasteiger partial charge in [0, 0.05) is 55.8 Å². The fourth-order valence-corrected chi connectivity index (χ4v) is 5.57. The molecule has 39 heavy (non-hydrogen) atoms. The van der Waals surface area contributed by atoms with Gasteiger partial charge in [-0.25, -0.2) is 4.79 Å². The van der Waals surface area contributed by atoms with Crippen molar-refractivity contribution in [1.29, 1.82) is 0 Å². The molecule has 7 heteroatoms. The second kappa shape index (κ2) is 12.8. The maximum atomic E-state index is 13.6. The Labute approximate surface area is 231 Å². The number of nitrogens with zero attached hydrogens (tertiary/aromatic N) is 2. The number of carbonyl (C=O) groups excluding carboxylic acids is 2. The fourth-order valence-electron chi connectivity index (χ4n) is 5.57. The zero-order valence-corrected chi connectivity index (χ0v) is 22.8. The fraction of sp³-hybridized carbons (Fsp3) is 0.375. The van der Waals surface area contributed by atoms with Crippen LogP contribution in [0.3, 0.4) is 0 Å². The van der Waals surface area contributed by atoms with Gasteiger partial charge in [-0.2, -0.15) is 0 Å². The number of piperazine rings is 1. The summed E-state index contributed by atoms with van der Waals surface area (Å²) in [5.41, 5.74) is 5.20. The first-order valence-electron chi connectivity index (χ1n) is 14.1. The van der Waals surface area contributed by atoms with Crippen molar-refractivity contribution < 1.29 is 9.59 Å². The monoisotopic (exact) mass is 525 g/mol. The van der Waals surface area contributed by atoms with E-state index in [1.54, 1.807) is 0 Å². The molecule has 0 aromatic heterocycles. The van der Waals surface area contributed by atoms with Gasteiger partial charge in [-0.05, 0) is 55.2 Å². The van der Waals surface area contributed by atoms with Crippen LogP contribution in [0.1, 0.15) is 53.6 Å². The van der Waals surface area contributed by atoms with Crippen molar-refractivity contribution in [3.05, 3.63) is 89.5 Å². The molecule has 0 bridgehead atoms. The second-order valence-electron chi connectivity index (χ2n) is 10.7. The van der Waals surface area contributed by atoms with Gasteiger partial charge in [0.2, 0.25) is 0 Å². The van der Waals surface area contributed by atoms with Crippen molar-refractivity contribution in [2.45, 2.75) is 51.6 Å². The van der Waals surface area contributed by atoms with E-state index in [2.05, 4.69) is 50.0 Å². The number of para-hydroxylation sites is 1. The molecule has 3 amide bonds. The number of anilines is 3. The molecular formula is C32H39N5O2. The second-order valence-corrected chi connectivity index (χ2v) is 10.7. The molecule has 3 N–H and O–H groups in total. The Kier molecular flexibility index (Phi) is 8.78. The van der Waals surface area contributed by atoms with Crippen LogP contribution in [-0.4, -0.2) is 49.1 Å². The van der Waals surface area contributed by atoms with E-state index in [-0.39, 0.29) is 18.0 Å². The van der Waals surface area contributed by atoms with Gasteiger partial charge in [-0.1, -0.05) is 67.8 Å². The van der Waals surface area contributed by atoms with Crippen molar-refractivity contribution >= 4 is 29.0 Å². The van der Waals surface area contributed by atoms with Crippen molar-refractivity contribution in [2.24, 2.45) is 0 Å². The predicted octanol–water partition coefficient (Wildman–Crippen LogP) is 6.02. The largest absolute Gasteiger partial charge is 0.368 e. The molecule has 5 rings (SSSR count). The van der Waals surface area contributed by atoms with Crippen LogP contribution in [0.2, 0.25) is 0 Å². The third-order valence-corrected chi connectivity index (χ3v) is 7.79. The molecule has 0 atom stereocenters. The normalized spacial score (nSPS) is 16.5. The van der Waals surface area contributed by atoms with Gasteiger partial charge in [-0.3, -0.25) is 9.69 Å². The molecule has 1 saturated carbocycles. The maximum Gasteiger partial charge on any atom is 0.323 e. The highest BCUT2D eigenvalue weighted by Gasteiger charge is 2.24. The average Bonchev–Trinajstić information content (AvgIpc) is 2.96. The van der Waals surface area contributed by atoms with Crippen LogP contribution >= 0.6 is 0 Å². The molecule has 0 spiro atoms. The zero-order chi connectivity index (χ0) is 27.0. The van der Waals surface area contributed by atoms with Gasteiger partial charge in [0.25, 0.3) is 5.91 Å². The Morgan fingerprint density at radius 1 is 0.821 bits per heavy atom. The van der Waals surface area contributed by atoms with E-state index in [9.17, 15) is 9.59 Å². The van der Waals surface area contributed by atoms with E-state index < -0.39 is 0 Å². The molecular weight excluding hydrogens is 486 g/mol. The van der Waals surface area contributed by atoms with Gasteiger partial charge in [0.05, 0.1) is 5.56 Å². The van der Waals surface area contributed by atoms with Crippen LogP contribution in [0.15, 0.2) is 72.8 Å². The van der Waals surface area contributed by atoms with Gasteiger partial charge < -0.3 is 20.9 Å². The molecule has 3 aromatic carbocycles. The van der Waals surface area contributed by atoms with Crippen LogP contribution in [0, 0.1) is 6.92 Å². The smallest absolute Gasteiger partial charge is 0.323 e. The molecule has 1 aliphatic heterocycles. The average molecular weight is 526 g/mol. The Morgan fingerprint density at radius 3 is 2.28 bits per heavy atom. The molecule has 2 aliphatic rings. The summed E-state index contributed by atoms with van der Waals surface area (Å²) in [7, 11) is 0. The highest BCUT2D eigenvalue weighted by molar-refractivity contribution is 6.04. The van der Waals surface area contributed by atoms with Gasteiger partial charge >= 0.3 is 6.03 Å². The number of benzene rings is 3. The van der Waals surface area contributed by atoms with Gasteiger partial charge in [0.1, 0.15) is 0 Å². The van der Waals surface area contributed by atoms with Crippen molar-refractivity contribution in [1.82, 2.24) is 10.2 Å². The van der Waals surface area contributed by atoms with E-state index in [0.29, 0.717) is 11.3 Å². The lowest BCUT2D eigenvalue weighted by Crippen LogP contribution is -2.46. The van der Waals surface area contributed by atoms with E-state index in [1.807, 2.05) is 55.5 Å². The molecule has 1 heterocycles. The first-order valence-corrected chi connectivity index (χ1v) is 14.1. The Morgan fingerprint density at radius 2 is 1.54 bits per heavy atom. The number of hydrogen-bond donors (Lipinski definition) is 3. The zero-order valence-electron chi connectivity index (χ0n) is 22.8. The molecule has 1 saturated heterocycles.